The summed E-state index contributed by atoms with van der Waals surface area (Å²) in [5, 5.41) is 17.2. The van der Waals surface area contributed by atoms with Crippen LogP contribution in [-0.4, -0.2) is 63.8 Å². The zero-order valence-corrected chi connectivity index (χ0v) is 23.0. The second kappa shape index (κ2) is 12.1. The van der Waals surface area contributed by atoms with Gasteiger partial charge in [-0.15, -0.1) is 11.3 Å². The maximum Gasteiger partial charge on any atom is 0.243 e. The van der Waals surface area contributed by atoms with Gasteiger partial charge in [0.05, 0.1) is 27.9 Å². The number of amides is 2. The number of aromatic nitrogens is 2. The van der Waals surface area contributed by atoms with Crippen LogP contribution in [0.4, 0.5) is 0 Å². The molecular weight excluding hydrogens is 506 g/mol. The van der Waals surface area contributed by atoms with Gasteiger partial charge in [0.1, 0.15) is 30.1 Å². The van der Waals surface area contributed by atoms with E-state index >= 15 is 0 Å². The number of nitrogens with zero attached hydrogens (tertiary/aromatic N) is 3. The number of nitrogens with two attached hydrogens (primary N) is 1. The van der Waals surface area contributed by atoms with Crippen LogP contribution >= 0.6 is 11.3 Å². The molecular formula is C27H35N5O5S. The van der Waals surface area contributed by atoms with Crippen LogP contribution in [-0.2, 0) is 16.1 Å². The number of nitrogens with one attached hydrogen (secondary N) is 1. The Bertz CT molecular complexity index is 1270. The summed E-state index contributed by atoms with van der Waals surface area (Å²) in [4.78, 5) is 33.7. The smallest absolute Gasteiger partial charge is 0.243 e. The van der Waals surface area contributed by atoms with Gasteiger partial charge in [0.15, 0.2) is 0 Å². The topological polar surface area (TPSA) is 144 Å². The Labute approximate surface area is 226 Å². The minimum absolute atomic E-state index is 0.0840. The zero-order chi connectivity index (χ0) is 27.4. The predicted octanol–water partition coefficient (Wildman–Crippen LogP) is 2.77. The summed E-state index contributed by atoms with van der Waals surface area (Å²) < 4.78 is 11.3. The van der Waals surface area contributed by atoms with Gasteiger partial charge in [-0.2, -0.15) is 0 Å². The van der Waals surface area contributed by atoms with Gasteiger partial charge >= 0.3 is 0 Å². The highest BCUT2D eigenvalue weighted by Gasteiger charge is 2.43. The second-order valence-corrected chi connectivity index (χ2v) is 10.8. The van der Waals surface area contributed by atoms with Crippen LogP contribution in [0.5, 0.6) is 5.75 Å². The molecule has 0 aliphatic carbocycles. The van der Waals surface area contributed by atoms with E-state index in [0.29, 0.717) is 30.4 Å². The third-order valence-electron chi connectivity index (χ3n) is 6.65. The molecule has 3 aromatic rings. The molecule has 0 saturated carbocycles. The Morgan fingerprint density at radius 2 is 2.11 bits per heavy atom. The van der Waals surface area contributed by atoms with Crippen molar-refractivity contribution in [1.29, 1.82) is 0 Å². The number of thiazole rings is 1. The molecule has 0 radical (unpaired) electrons. The van der Waals surface area contributed by atoms with Crippen molar-refractivity contribution in [2.24, 2.45) is 11.7 Å². The first kappa shape index (κ1) is 27.7. The first-order valence-corrected chi connectivity index (χ1v) is 13.6. The van der Waals surface area contributed by atoms with E-state index in [-0.39, 0.29) is 37.2 Å². The lowest BCUT2D eigenvalue weighted by Crippen LogP contribution is -2.48. The number of aliphatic hydroxyl groups excluding tert-OH is 1. The first-order chi connectivity index (χ1) is 18.2. The molecule has 1 fully saturated rings. The zero-order valence-electron chi connectivity index (χ0n) is 22.1. The Morgan fingerprint density at radius 1 is 1.32 bits per heavy atom. The largest absolute Gasteiger partial charge is 0.492 e. The van der Waals surface area contributed by atoms with Gasteiger partial charge in [0.25, 0.3) is 0 Å². The summed E-state index contributed by atoms with van der Waals surface area (Å²) in [5.41, 5.74) is 10.8. The molecule has 2 aromatic heterocycles. The predicted molar refractivity (Wildman–Crippen MR) is 144 cm³/mol. The fraction of sp³-hybridized carbons (Fsp3) is 0.481. The molecule has 11 heteroatoms. The first-order valence-electron chi connectivity index (χ1n) is 12.7. The van der Waals surface area contributed by atoms with Crippen LogP contribution in [0.2, 0.25) is 0 Å². The summed E-state index contributed by atoms with van der Waals surface area (Å²) in [6.45, 7) is 8.56. The molecule has 1 aliphatic heterocycles. The van der Waals surface area contributed by atoms with Gasteiger partial charge < -0.3 is 30.3 Å². The lowest BCUT2D eigenvalue weighted by molar-refractivity contribution is -0.141. The molecule has 0 spiro atoms. The Balaban J connectivity index is 1.50. The second-order valence-electron chi connectivity index (χ2n) is 9.93. The molecule has 38 heavy (non-hydrogen) atoms. The maximum absolute atomic E-state index is 13.6. The minimum Gasteiger partial charge on any atom is -0.492 e. The SMILES string of the molecule is Cc1cc(C(C(=O)N2C[C@H](O)C[C@H]2C(=O)NCc2ccc(-c3scnc3C)cc2OCCN)C(C)C)on1. The summed E-state index contributed by atoms with van der Waals surface area (Å²) in [6.07, 6.45) is -0.623. The Kier molecular flexibility index (Phi) is 8.80. The maximum atomic E-state index is 13.6. The number of likely N-dealkylation sites (tertiary alicyclic amines) is 1. The fourth-order valence-corrected chi connectivity index (χ4v) is 5.58. The number of rotatable bonds is 10. The molecule has 1 aromatic carbocycles. The van der Waals surface area contributed by atoms with Crippen LogP contribution < -0.4 is 15.8 Å². The van der Waals surface area contributed by atoms with Gasteiger partial charge in [-0.25, -0.2) is 4.98 Å². The van der Waals surface area contributed by atoms with E-state index in [9.17, 15) is 14.7 Å². The Morgan fingerprint density at radius 3 is 2.74 bits per heavy atom. The highest BCUT2D eigenvalue weighted by molar-refractivity contribution is 7.13. The monoisotopic (exact) mass is 541 g/mol. The summed E-state index contributed by atoms with van der Waals surface area (Å²) in [6, 6.07) is 6.76. The van der Waals surface area contributed by atoms with Crippen molar-refractivity contribution >= 4 is 23.2 Å². The summed E-state index contributed by atoms with van der Waals surface area (Å²) >= 11 is 1.55. The number of carbonyl (C=O) groups excluding carboxylic acids is 2. The Hall–Kier alpha value is -3.28. The number of hydrogen-bond acceptors (Lipinski definition) is 9. The van der Waals surface area contributed by atoms with Crippen molar-refractivity contribution in [2.75, 3.05) is 19.7 Å². The fourth-order valence-electron chi connectivity index (χ4n) is 4.77. The van der Waals surface area contributed by atoms with E-state index in [1.165, 1.54) is 4.90 Å². The van der Waals surface area contributed by atoms with Crippen molar-refractivity contribution in [3.63, 3.8) is 0 Å². The van der Waals surface area contributed by atoms with Gasteiger partial charge in [-0.1, -0.05) is 31.1 Å². The van der Waals surface area contributed by atoms with Crippen LogP contribution in [0.25, 0.3) is 10.4 Å². The summed E-state index contributed by atoms with van der Waals surface area (Å²) in [7, 11) is 0. The van der Waals surface area contributed by atoms with E-state index in [0.717, 1.165) is 21.7 Å². The molecule has 3 atom stereocenters. The molecule has 204 valence electrons. The number of ether oxygens (including phenoxy) is 1. The van der Waals surface area contributed by atoms with Crippen molar-refractivity contribution in [1.82, 2.24) is 20.4 Å². The van der Waals surface area contributed by atoms with Crippen molar-refractivity contribution in [3.8, 4) is 16.2 Å². The lowest BCUT2D eigenvalue weighted by atomic mass is 9.91. The van der Waals surface area contributed by atoms with E-state index in [4.69, 9.17) is 15.0 Å². The average Bonchev–Trinajstić information content (AvgIpc) is 3.61. The molecule has 1 aliphatic rings. The van der Waals surface area contributed by atoms with Gasteiger partial charge in [-0.3, -0.25) is 9.59 Å². The van der Waals surface area contributed by atoms with Crippen molar-refractivity contribution < 1.29 is 24.0 Å². The van der Waals surface area contributed by atoms with Crippen LogP contribution in [0.15, 0.2) is 34.3 Å². The highest BCUT2D eigenvalue weighted by atomic mass is 32.1. The average molecular weight is 542 g/mol. The molecule has 10 nitrogen and oxygen atoms in total. The number of hydrogen-bond donors (Lipinski definition) is 3. The third-order valence-corrected chi connectivity index (χ3v) is 7.63. The third kappa shape index (κ3) is 6.06. The lowest BCUT2D eigenvalue weighted by Gasteiger charge is -2.28. The molecule has 0 bridgehead atoms. The van der Waals surface area contributed by atoms with E-state index < -0.39 is 18.1 Å². The van der Waals surface area contributed by atoms with Crippen LogP contribution in [0.1, 0.15) is 48.9 Å². The van der Waals surface area contributed by atoms with Crippen LogP contribution in [0, 0.1) is 19.8 Å². The van der Waals surface area contributed by atoms with Gasteiger partial charge in [0.2, 0.25) is 11.8 Å². The normalized spacial score (nSPS) is 18.1. The van der Waals surface area contributed by atoms with E-state index in [1.807, 2.05) is 39.0 Å². The molecule has 2 amide bonds. The molecule has 4 N–H and O–H groups in total. The van der Waals surface area contributed by atoms with Gasteiger partial charge in [-0.05, 0) is 31.4 Å². The number of aliphatic hydroxyl groups is 1. The molecule has 1 unspecified atom stereocenters. The van der Waals surface area contributed by atoms with Crippen molar-refractivity contribution in [2.45, 2.75) is 58.7 Å². The molecule has 1 saturated heterocycles. The number of β-amino-alcohol motifs (C(OH)–C–C–N with tert-alkyl or cyclic N) is 1. The standard InChI is InChI=1S/C27H35N5O5S/c1-15(2)24(23-9-16(3)31-37-23)27(35)32-13-20(33)11-21(32)26(34)29-12-19-6-5-18(10-22(19)36-8-7-28)25-17(4)30-14-38-25/h5-6,9-10,14-15,20-21,24,33H,7-8,11-13,28H2,1-4H3,(H,29,34)/t20-,21+,24?/m1/s1. The van der Waals surface area contributed by atoms with Crippen LogP contribution in [0.3, 0.4) is 0 Å². The molecule has 4 rings (SSSR count). The number of carbonyl (C=O) groups is 2. The summed E-state index contributed by atoms with van der Waals surface area (Å²) in [5.74, 6) is -0.195. The quantitative estimate of drug-likeness (QED) is 0.355. The van der Waals surface area contributed by atoms with Crippen molar-refractivity contribution in [3.05, 3.63) is 52.5 Å². The highest BCUT2D eigenvalue weighted by Crippen LogP contribution is 2.33. The molecule has 3 heterocycles. The number of benzene rings is 1. The number of aryl methyl sites for hydroxylation is 2. The van der Waals surface area contributed by atoms with E-state index in [1.54, 1.807) is 29.8 Å². The van der Waals surface area contributed by atoms with Gasteiger partial charge in [0, 0.05) is 37.7 Å². The van der Waals surface area contributed by atoms with E-state index in [2.05, 4.69) is 15.5 Å². The minimum atomic E-state index is -0.796.